The van der Waals surface area contributed by atoms with E-state index in [1.807, 2.05) is 54.6 Å². The number of hydrogen-bond acceptors (Lipinski definition) is 3. The first-order chi connectivity index (χ1) is 12.1. The minimum absolute atomic E-state index is 0.0241. The lowest BCUT2D eigenvalue weighted by Crippen LogP contribution is -2.26. The first-order valence-corrected chi connectivity index (χ1v) is 7.87. The van der Waals surface area contributed by atoms with Gasteiger partial charge in [0.2, 0.25) is 0 Å². The van der Waals surface area contributed by atoms with Crippen LogP contribution in [0.1, 0.15) is 15.9 Å². The van der Waals surface area contributed by atoms with E-state index in [1.165, 1.54) is 23.9 Å². The molecule has 0 aliphatic heterocycles. The molecule has 0 aliphatic rings. The SMILES string of the molecule is Cn1ccc(C(=O)NCc2ccc(-c3ccccc3)cc2)c(O)c1=O. The molecule has 0 fully saturated rings. The number of aromatic hydroxyl groups is 1. The number of nitrogens with zero attached hydrogens (tertiary/aromatic N) is 1. The van der Waals surface area contributed by atoms with E-state index in [0.717, 1.165) is 16.7 Å². The zero-order valence-electron chi connectivity index (χ0n) is 13.8. The highest BCUT2D eigenvalue weighted by molar-refractivity contribution is 5.96. The van der Waals surface area contributed by atoms with Crippen molar-refractivity contribution in [2.24, 2.45) is 7.05 Å². The molecule has 2 aromatic carbocycles. The summed E-state index contributed by atoms with van der Waals surface area (Å²) < 4.78 is 1.22. The van der Waals surface area contributed by atoms with Crippen molar-refractivity contribution in [2.45, 2.75) is 6.54 Å². The lowest BCUT2D eigenvalue weighted by molar-refractivity contribution is 0.0947. The van der Waals surface area contributed by atoms with Gasteiger partial charge in [-0.05, 0) is 22.8 Å². The van der Waals surface area contributed by atoms with Crippen molar-refractivity contribution < 1.29 is 9.90 Å². The molecule has 126 valence electrons. The van der Waals surface area contributed by atoms with Crippen LogP contribution >= 0.6 is 0 Å². The van der Waals surface area contributed by atoms with Gasteiger partial charge in [-0.3, -0.25) is 9.59 Å². The molecule has 3 rings (SSSR count). The summed E-state index contributed by atoms with van der Waals surface area (Å²) in [6.07, 6.45) is 1.45. The van der Waals surface area contributed by atoms with Crippen molar-refractivity contribution in [2.75, 3.05) is 0 Å². The number of rotatable bonds is 4. The second-order valence-electron chi connectivity index (χ2n) is 5.74. The molecule has 0 bridgehead atoms. The molecule has 25 heavy (non-hydrogen) atoms. The second-order valence-corrected chi connectivity index (χ2v) is 5.74. The summed E-state index contributed by atoms with van der Waals surface area (Å²) in [5.74, 6) is -1.02. The highest BCUT2D eigenvalue weighted by atomic mass is 16.3. The quantitative estimate of drug-likeness (QED) is 0.770. The van der Waals surface area contributed by atoms with Crippen molar-refractivity contribution in [3.63, 3.8) is 0 Å². The number of aryl methyl sites for hydroxylation is 1. The van der Waals surface area contributed by atoms with E-state index < -0.39 is 17.2 Å². The Labute approximate surface area is 145 Å². The fourth-order valence-electron chi connectivity index (χ4n) is 2.52. The second kappa shape index (κ2) is 7.05. The number of nitrogens with one attached hydrogen (secondary N) is 1. The standard InChI is InChI=1S/C20H18N2O3/c1-22-12-11-17(18(23)20(22)25)19(24)21-13-14-7-9-16(10-8-14)15-5-3-2-4-6-15/h2-12,23H,13H2,1H3,(H,21,24). The maximum Gasteiger partial charge on any atom is 0.293 e. The molecule has 1 aromatic heterocycles. The van der Waals surface area contributed by atoms with Gasteiger partial charge < -0.3 is 15.0 Å². The normalized spacial score (nSPS) is 10.4. The Kier molecular flexibility index (Phi) is 4.66. The largest absolute Gasteiger partial charge is 0.502 e. The Morgan fingerprint density at radius 2 is 1.64 bits per heavy atom. The summed E-state index contributed by atoms with van der Waals surface area (Å²) in [5.41, 5.74) is 2.53. The van der Waals surface area contributed by atoms with Crippen molar-refractivity contribution in [3.8, 4) is 16.9 Å². The third-order valence-electron chi connectivity index (χ3n) is 4.00. The van der Waals surface area contributed by atoms with E-state index in [2.05, 4.69) is 5.32 Å². The smallest absolute Gasteiger partial charge is 0.293 e. The summed E-state index contributed by atoms with van der Waals surface area (Å²) in [4.78, 5) is 23.8. The topological polar surface area (TPSA) is 71.3 Å². The summed E-state index contributed by atoms with van der Waals surface area (Å²) in [7, 11) is 1.51. The molecule has 0 spiro atoms. The van der Waals surface area contributed by atoms with Gasteiger partial charge in [-0.25, -0.2) is 0 Å². The van der Waals surface area contributed by atoms with Crippen LogP contribution in [0, 0.1) is 0 Å². The van der Waals surface area contributed by atoms with Crippen LogP contribution in [0.3, 0.4) is 0 Å². The molecule has 0 radical (unpaired) electrons. The lowest BCUT2D eigenvalue weighted by atomic mass is 10.0. The molecule has 1 amide bonds. The van der Waals surface area contributed by atoms with E-state index in [-0.39, 0.29) is 5.56 Å². The summed E-state index contributed by atoms with van der Waals surface area (Å²) >= 11 is 0. The average molecular weight is 334 g/mol. The van der Waals surface area contributed by atoms with Crippen molar-refractivity contribution in [3.05, 3.63) is 88.3 Å². The van der Waals surface area contributed by atoms with Gasteiger partial charge in [0.25, 0.3) is 11.5 Å². The van der Waals surface area contributed by atoms with Gasteiger partial charge in [0.15, 0.2) is 5.75 Å². The molecule has 1 heterocycles. The highest BCUT2D eigenvalue weighted by Gasteiger charge is 2.14. The third-order valence-corrected chi connectivity index (χ3v) is 4.00. The highest BCUT2D eigenvalue weighted by Crippen LogP contribution is 2.19. The van der Waals surface area contributed by atoms with Gasteiger partial charge in [-0.2, -0.15) is 0 Å². The fraction of sp³-hybridized carbons (Fsp3) is 0.100. The van der Waals surface area contributed by atoms with E-state index in [4.69, 9.17) is 0 Å². The van der Waals surface area contributed by atoms with Crippen LogP contribution in [0.15, 0.2) is 71.7 Å². The van der Waals surface area contributed by atoms with Crippen LogP contribution in [-0.4, -0.2) is 15.6 Å². The minimum Gasteiger partial charge on any atom is -0.502 e. The Balaban J connectivity index is 1.69. The first kappa shape index (κ1) is 16.5. The van der Waals surface area contributed by atoms with Crippen LogP contribution in [0.2, 0.25) is 0 Å². The van der Waals surface area contributed by atoms with Crippen LogP contribution < -0.4 is 10.9 Å². The number of aromatic nitrogens is 1. The van der Waals surface area contributed by atoms with Crippen molar-refractivity contribution >= 4 is 5.91 Å². The van der Waals surface area contributed by atoms with Gasteiger partial charge in [0, 0.05) is 19.8 Å². The molecular formula is C20H18N2O3. The van der Waals surface area contributed by atoms with Crippen LogP contribution in [0.5, 0.6) is 5.75 Å². The Bertz CT molecular complexity index is 945. The predicted molar refractivity (Wildman–Crippen MR) is 96.4 cm³/mol. The lowest BCUT2D eigenvalue weighted by Gasteiger charge is -2.08. The number of amides is 1. The number of benzene rings is 2. The Morgan fingerprint density at radius 3 is 2.32 bits per heavy atom. The minimum atomic E-state index is -0.597. The molecule has 0 unspecified atom stereocenters. The van der Waals surface area contributed by atoms with E-state index in [9.17, 15) is 14.7 Å². The number of carbonyl (C=O) groups excluding carboxylic acids is 1. The zero-order valence-corrected chi connectivity index (χ0v) is 13.8. The van der Waals surface area contributed by atoms with Gasteiger partial charge in [-0.15, -0.1) is 0 Å². The molecular weight excluding hydrogens is 316 g/mol. The number of carbonyl (C=O) groups is 1. The Morgan fingerprint density at radius 1 is 1.00 bits per heavy atom. The number of pyridine rings is 1. The average Bonchev–Trinajstić information content (AvgIpc) is 2.65. The molecule has 0 aliphatic carbocycles. The van der Waals surface area contributed by atoms with E-state index in [1.54, 1.807) is 0 Å². The molecule has 0 saturated heterocycles. The van der Waals surface area contributed by atoms with Gasteiger partial charge in [0.1, 0.15) is 0 Å². The maximum atomic E-state index is 12.2. The predicted octanol–water partition coefficient (Wildman–Crippen LogP) is 2.69. The molecule has 2 N–H and O–H groups in total. The van der Waals surface area contributed by atoms with E-state index in [0.29, 0.717) is 6.54 Å². The fourth-order valence-corrected chi connectivity index (χ4v) is 2.52. The van der Waals surface area contributed by atoms with Gasteiger partial charge in [-0.1, -0.05) is 54.6 Å². The van der Waals surface area contributed by atoms with Crippen molar-refractivity contribution in [1.29, 1.82) is 0 Å². The molecule has 3 aromatic rings. The van der Waals surface area contributed by atoms with Crippen LogP contribution in [-0.2, 0) is 13.6 Å². The summed E-state index contributed by atoms with van der Waals surface area (Å²) in [6.45, 7) is 0.308. The van der Waals surface area contributed by atoms with Crippen molar-refractivity contribution in [1.82, 2.24) is 9.88 Å². The van der Waals surface area contributed by atoms with Gasteiger partial charge >= 0.3 is 0 Å². The monoisotopic (exact) mass is 334 g/mol. The Hall–Kier alpha value is -3.34. The maximum absolute atomic E-state index is 12.2. The molecule has 5 nitrogen and oxygen atoms in total. The molecule has 0 saturated carbocycles. The molecule has 0 atom stereocenters. The zero-order chi connectivity index (χ0) is 17.8. The first-order valence-electron chi connectivity index (χ1n) is 7.87. The summed E-state index contributed by atoms with van der Waals surface area (Å²) in [5, 5.41) is 12.5. The number of hydrogen-bond donors (Lipinski definition) is 2. The van der Waals surface area contributed by atoms with E-state index >= 15 is 0 Å². The van der Waals surface area contributed by atoms with Crippen LogP contribution in [0.4, 0.5) is 0 Å². The van der Waals surface area contributed by atoms with Gasteiger partial charge in [0.05, 0.1) is 5.56 Å². The van der Waals surface area contributed by atoms with Crippen LogP contribution in [0.25, 0.3) is 11.1 Å². The third kappa shape index (κ3) is 3.61. The summed E-state index contributed by atoms with van der Waals surface area (Å²) in [6, 6.07) is 19.3. The molecule has 5 heteroatoms.